The maximum absolute atomic E-state index is 13.2. The van der Waals surface area contributed by atoms with E-state index in [1.54, 1.807) is 18.2 Å². The molecule has 0 radical (unpaired) electrons. The maximum atomic E-state index is 13.2. The van der Waals surface area contributed by atoms with Crippen molar-refractivity contribution in [1.29, 1.82) is 0 Å². The van der Waals surface area contributed by atoms with Crippen LogP contribution in [-0.4, -0.2) is 18.1 Å². The van der Waals surface area contributed by atoms with E-state index in [0.29, 0.717) is 27.1 Å². The molecule has 0 aliphatic carbocycles. The van der Waals surface area contributed by atoms with Crippen LogP contribution in [0.15, 0.2) is 42.5 Å². The Balaban J connectivity index is 2.46. The average Bonchev–Trinajstić information content (AvgIpc) is 2.65. The van der Waals surface area contributed by atoms with Gasteiger partial charge in [-0.2, -0.15) is 13.2 Å². The molecule has 0 bridgehead atoms. The van der Waals surface area contributed by atoms with Crippen LogP contribution >= 0.6 is 11.6 Å². The van der Waals surface area contributed by atoms with Gasteiger partial charge in [0.25, 0.3) is 0 Å². The highest BCUT2D eigenvalue weighted by atomic mass is 35.5. The number of benzene rings is 2. The van der Waals surface area contributed by atoms with Crippen LogP contribution in [0, 0.1) is 0 Å². The Morgan fingerprint density at radius 2 is 1.86 bits per heavy atom. The lowest BCUT2D eigenvalue weighted by Gasteiger charge is -2.20. The first kappa shape index (κ1) is 20.1. The minimum Gasteiger partial charge on any atom is -0.464 e. The van der Waals surface area contributed by atoms with Gasteiger partial charge in [-0.05, 0) is 47.4 Å². The number of hydrogen-bond acceptors (Lipinski definition) is 3. The molecule has 28 heavy (non-hydrogen) atoms. The fourth-order valence-electron chi connectivity index (χ4n) is 3.25. The summed E-state index contributed by atoms with van der Waals surface area (Å²) in [5.41, 5.74) is 0.939. The van der Waals surface area contributed by atoms with Gasteiger partial charge in [0.05, 0.1) is 18.2 Å². The molecule has 0 saturated carbocycles. The van der Waals surface area contributed by atoms with E-state index in [9.17, 15) is 18.0 Å². The quantitative estimate of drug-likeness (QED) is 0.466. The summed E-state index contributed by atoms with van der Waals surface area (Å²) in [5, 5.41) is 1.15. The van der Waals surface area contributed by atoms with Gasteiger partial charge in [0.15, 0.2) is 5.69 Å². The van der Waals surface area contributed by atoms with E-state index in [2.05, 4.69) is 4.98 Å². The number of aromatic nitrogens is 1. The van der Waals surface area contributed by atoms with E-state index in [4.69, 9.17) is 16.3 Å². The van der Waals surface area contributed by atoms with Crippen molar-refractivity contribution in [2.75, 3.05) is 7.11 Å². The number of alkyl halides is 3. The molecular formula is C21H17ClF3NO2. The highest BCUT2D eigenvalue weighted by molar-refractivity contribution is 6.31. The van der Waals surface area contributed by atoms with Crippen molar-refractivity contribution in [2.24, 2.45) is 0 Å². The van der Waals surface area contributed by atoms with Crippen LogP contribution in [0.5, 0.6) is 0 Å². The standard InChI is InChI=1S/C21H17ClF3NO2/c1-11(2)17-15-10-14(22)7-8-16(15)26-19(20(27)28-3)18(17)12-5-4-6-13(9-12)21(23,24)25/h4-11H,1-3H3. The fraction of sp³-hybridized carbons (Fsp3) is 0.238. The van der Waals surface area contributed by atoms with E-state index < -0.39 is 17.7 Å². The third-order valence-electron chi connectivity index (χ3n) is 4.42. The summed E-state index contributed by atoms with van der Waals surface area (Å²) >= 11 is 6.14. The van der Waals surface area contributed by atoms with Crippen molar-refractivity contribution < 1.29 is 22.7 Å². The third-order valence-corrected chi connectivity index (χ3v) is 4.66. The molecule has 2 aromatic carbocycles. The number of nitrogens with zero attached hydrogens (tertiary/aromatic N) is 1. The Kier molecular flexibility index (Phi) is 5.35. The van der Waals surface area contributed by atoms with E-state index in [1.807, 2.05) is 13.8 Å². The summed E-state index contributed by atoms with van der Waals surface area (Å²) in [4.78, 5) is 16.8. The van der Waals surface area contributed by atoms with Crippen molar-refractivity contribution >= 4 is 28.5 Å². The van der Waals surface area contributed by atoms with Crippen LogP contribution in [0.1, 0.15) is 41.4 Å². The molecule has 0 atom stereocenters. The Labute approximate surface area is 165 Å². The lowest BCUT2D eigenvalue weighted by Crippen LogP contribution is -2.11. The number of carbonyl (C=O) groups is 1. The Morgan fingerprint density at radius 3 is 2.46 bits per heavy atom. The van der Waals surface area contributed by atoms with Gasteiger partial charge in [-0.15, -0.1) is 0 Å². The molecule has 0 fully saturated rings. The SMILES string of the molecule is COC(=O)c1nc2ccc(Cl)cc2c(C(C)C)c1-c1cccc(C(F)(F)F)c1. The summed E-state index contributed by atoms with van der Waals surface area (Å²) in [6.45, 7) is 3.79. The predicted molar refractivity (Wildman–Crippen MR) is 103 cm³/mol. The lowest BCUT2D eigenvalue weighted by molar-refractivity contribution is -0.137. The largest absolute Gasteiger partial charge is 0.464 e. The van der Waals surface area contributed by atoms with Gasteiger partial charge in [-0.3, -0.25) is 0 Å². The molecule has 0 aliphatic rings. The molecule has 0 spiro atoms. The first-order valence-electron chi connectivity index (χ1n) is 8.52. The number of fused-ring (bicyclic) bond motifs is 1. The summed E-state index contributed by atoms with van der Waals surface area (Å²) in [6, 6.07) is 9.87. The van der Waals surface area contributed by atoms with E-state index >= 15 is 0 Å². The topological polar surface area (TPSA) is 39.2 Å². The van der Waals surface area contributed by atoms with E-state index in [0.717, 1.165) is 12.1 Å². The lowest BCUT2D eigenvalue weighted by atomic mass is 9.87. The van der Waals surface area contributed by atoms with Gasteiger partial charge >= 0.3 is 12.1 Å². The second-order valence-corrected chi connectivity index (χ2v) is 7.07. The molecule has 3 rings (SSSR count). The van der Waals surface area contributed by atoms with Crippen LogP contribution in [0.25, 0.3) is 22.0 Å². The number of methoxy groups -OCH3 is 1. The summed E-state index contributed by atoms with van der Waals surface area (Å²) in [5.74, 6) is -0.830. The monoisotopic (exact) mass is 407 g/mol. The first-order chi connectivity index (χ1) is 13.1. The van der Waals surface area contributed by atoms with Gasteiger partial charge in [0.2, 0.25) is 0 Å². The second kappa shape index (κ2) is 7.43. The number of pyridine rings is 1. The zero-order valence-corrected chi connectivity index (χ0v) is 16.2. The van der Waals surface area contributed by atoms with Crippen molar-refractivity contribution in [3.63, 3.8) is 0 Å². The first-order valence-corrected chi connectivity index (χ1v) is 8.90. The van der Waals surface area contributed by atoms with Crippen molar-refractivity contribution in [1.82, 2.24) is 4.98 Å². The summed E-state index contributed by atoms with van der Waals surface area (Å²) in [7, 11) is 1.21. The van der Waals surface area contributed by atoms with Gasteiger partial charge in [-0.25, -0.2) is 9.78 Å². The Hall–Kier alpha value is -2.60. The van der Waals surface area contributed by atoms with Crippen LogP contribution < -0.4 is 0 Å². The number of esters is 1. The van der Waals surface area contributed by atoms with Crippen molar-refractivity contribution in [3.05, 3.63) is 64.3 Å². The molecule has 7 heteroatoms. The second-order valence-electron chi connectivity index (χ2n) is 6.64. The molecule has 0 amide bonds. The van der Waals surface area contributed by atoms with Crippen molar-refractivity contribution in [3.8, 4) is 11.1 Å². The van der Waals surface area contributed by atoms with Crippen LogP contribution in [0.2, 0.25) is 5.02 Å². The molecule has 1 aromatic heterocycles. The zero-order valence-electron chi connectivity index (χ0n) is 15.4. The van der Waals surface area contributed by atoms with Gasteiger partial charge in [-0.1, -0.05) is 37.6 Å². The molecule has 0 N–H and O–H groups in total. The molecular weight excluding hydrogens is 391 g/mol. The number of hydrogen-bond donors (Lipinski definition) is 0. The zero-order chi connectivity index (χ0) is 20.6. The molecule has 0 saturated heterocycles. The molecule has 3 nitrogen and oxygen atoms in total. The molecule has 146 valence electrons. The van der Waals surface area contributed by atoms with E-state index in [1.165, 1.54) is 19.2 Å². The number of rotatable bonds is 3. The van der Waals surface area contributed by atoms with Gasteiger partial charge in [0, 0.05) is 16.0 Å². The summed E-state index contributed by atoms with van der Waals surface area (Å²) < 4.78 is 44.6. The van der Waals surface area contributed by atoms with Gasteiger partial charge in [0.1, 0.15) is 0 Å². The molecule has 0 unspecified atom stereocenters. The minimum absolute atomic E-state index is 0.0275. The molecule has 0 aliphatic heterocycles. The van der Waals surface area contributed by atoms with Gasteiger partial charge < -0.3 is 4.74 Å². The third kappa shape index (κ3) is 3.69. The van der Waals surface area contributed by atoms with Crippen LogP contribution in [0.4, 0.5) is 13.2 Å². The Bertz CT molecular complexity index is 1060. The predicted octanol–water partition coefficient (Wildman–Crippen LogP) is 6.48. The van der Waals surface area contributed by atoms with E-state index in [-0.39, 0.29) is 17.2 Å². The normalized spacial score (nSPS) is 11.9. The number of ether oxygens (including phenoxy) is 1. The summed E-state index contributed by atoms with van der Waals surface area (Å²) in [6.07, 6.45) is -4.51. The molecule has 1 heterocycles. The Morgan fingerprint density at radius 1 is 1.14 bits per heavy atom. The number of halogens is 4. The minimum atomic E-state index is -4.51. The van der Waals surface area contributed by atoms with Crippen LogP contribution in [0.3, 0.4) is 0 Å². The highest BCUT2D eigenvalue weighted by Crippen LogP contribution is 2.40. The highest BCUT2D eigenvalue weighted by Gasteiger charge is 2.31. The smallest absolute Gasteiger partial charge is 0.416 e. The average molecular weight is 408 g/mol. The number of carbonyl (C=O) groups excluding carboxylic acids is 1. The maximum Gasteiger partial charge on any atom is 0.416 e. The van der Waals surface area contributed by atoms with Crippen LogP contribution in [-0.2, 0) is 10.9 Å². The van der Waals surface area contributed by atoms with Crippen molar-refractivity contribution in [2.45, 2.75) is 25.9 Å². The molecule has 3 aromatic rings. The fourth-order valence-corrected chi connectivity index (χ4v) is 3.42.